The van der Waals surface area contributed by atoms with E-state index in [-0.39, 0.29) is 29.8 Å². The molecule has 14 heavy (non-hydrogen) atoms. The van der Waals surface area contributed by atoms with Crippen LogP contribution in [0.25, 0.3) is 0 Å². The van der Waals surface area contributed by atoms with Crippen LogP contribution in [0, 0.1) is 17.3 Å². The van der Waals surface area contributed by atoms with Crippen molar-refractivity contribution in [3.8, 4) is 0 Å². The van der Waals surface area contributed by atoms with Crippen LogP contribution in [-0.2, 0) is 9.47 Å². The first-order valence-corrected chi connectivity index (χ1v) is 5.39. The van der Waals surface area contributed by atoms with Gasteiger partial charge < -0.3 is 14.6 Å². The van der Waals surface area contributed by atoms with Gasteiger partial charge in [-0.2, -0.15) is 0 Å². The van der Waals surface area contributed by atoms with Crippen LogP contribution in [0.2, 0.25) is 0 Å². The molecule has 3 nitrogen and oxygen atoms in total. The van der Waals surface area contributed by atoms with E-state index in [0.717, 1.165) is 0 Å². The lowest BCUT2D eigenvalue weighted by molar-refractivity contribution is -0.225. The monoisotopic (exact) mass is 200 g/mol. The third-order valence-electron chi connectivity index (χ3n) is 3.64. The molecular formula is C11H20O3. The van der Waals surface area contributed by atoms with Gasteiger partial charge in [-0.05, 0) is 11.8 Å². The first-order valence-electron chi connectivity index (χ1n) is 5.39. The summed E-state index contributed by atoms with van der Waals surface area (Å²) in [5.74, 6) is 0.712. The maximum Gasteiger partial charge on any atom is 0.163 e. The molecule has 0 radical (unpaired) electrons. The molecule has 82 valence electrons. The predicted molar refractivity (Wildman–Crippen MR) is 52.7 cm³/mol. The minimum Gasteiger partial charge on any atom is -0.390 e. The van der Waals surface area contributed by atoms with Crippen molar-refractivity contribution < 1.29 is 14.6 Å². The fourth-order valence-corrected chi connectivity index (χ4v) is 3.07. The second kappa shape index (κ2) is 3.19. The Kier molecular flexibility index (Phi) is 2.37. The van der Waals surface area contributed by atoms with Crippen LogP contribution in [0.3, 0.4) is 0 Å². The molecule has 2 saturated heterocycles. The molecule has 0 aromatic carbocycles. The molecule has 0 spiro atoms. The number of hydrogen-bond acceptors (Lipinski definition) is 3. The van der Waals surface area contributed by atoms with E-state index in [1.807, 2.05) is 0 Å². The van der Waals surface area contributed by atoms with Gasteiger partial charge in [0.2, 0.25) is 0 Å². The molecule has 2 aliphatic rings. The smallest absolute Gasteiger partial charge is 0.163 e. The summed E-state index contributed by atoms with van der Waals surface area (Å²) in [7, 11) is 0. The lowest BCUT2D eigenvalue weighted by atomic mass is 9.67. The highest BCUT2D eigenvalue weighted by Gasteiger charge is 2.55. The molecular weight excluding hydrogens is 180 g/mol. The van der Waals surface area contributed by atoms with Gasteiger partial charge in [0.05, 0.1) is 12.7 Å². The second-order valence-corrected chi connectivity index (χ2v) is 5.42. The molecule has 2 rings (SSSR count). The minimum atomic E-state index is -0.385. The number of ether oxygens (including phenoxy) is 2. The van der Waals surface area contributed by atoms with E-state index < -0.39 is 0 Å². The molecule has 3 heteroatoms. The first-order chi connectivity index (χ1) is 6.44. The summed E-state index contributed by atoms with van der Waals surface area (Å²) >= 11 is 0. The zero-order chi connectivity index (χ0) is 10.5. The summed E-state index contributed by atoms with van der Waals surface area (Å²) in [4.78, 5) is 0. The zero-order valence-electron chi connectivity index (χ0n) is 9.36. The predicted octanol–water partition coefficient (Wildman–Crippen LogP) is 1.40. The van der Waals surface area contributed by atoms with Crippen LogP contribution in [0.15, 0.2) is 0 Å². The fourth-order valence-electron chi connectivity index (χ4n) is 3.07. The van der Waals surface area contributed by atoms with E-state index in [1.165, 1.54) is 0 Å². The van der Waals surface area contributed by atoms with E-state index in [9.17, 15) is 5.11 Å². The SMILES string of the molecule is CC(C)[C@H]1[C@H](O)[C@@H]2CO[C@@H](O2)C1(C)C. The number of rotatable bonds is 1. The molecule has 2 bridgehead atoms. The van der Waals surface area contributed by atoms with Gasteiger partial charge >= 0.3 is 0 Å². The summed E-state index contributed by atoms with van der Waals surface area (Å²) in [5, 5.41) is 10.2. The van der Waals surface area contributed by atoms with Gasteiger partial charge in [-0.1, -0.05) is 27.7 Å². The molecule has 2 aliphatic heterocycles. The molecule has 0 saturated carbocycles. The Labute approximate surface area is 85.4 Å². The third kappa shape index (κ3) is 1.30. The van der Waals surface area contributed by atoms with Crippen LogP contribution in [0.4, 0.5) is 0 Å². The van der Waals surface area contributed by atoms with Crippen molar-refractivity contribution in [3.63, 3.8) is 0 Å². The van der Waals surface area contributed by atoms with E-state index in [4.69, 9.17) is 9.47 Å². The van der Waals surface area contributed by atoms with Gasteiger partial charge in [0.25, 0.3) is 0 Å². The van der Waals surface area contributed by atoms with Gasteiger partial charge in [-0.3, -0.25) is 0 Å². The zero-order valence-corrected chi connectivity index (χ0v) is 9.36. The molecule has 0 unspecified atom stereocenters. The molecule has 0 aromatic rings. The normalized spacial score (nSPS) is 45.9. The Bertz CT molecular complexity index is 225. The first kappa shape index (κ1) is 10.4. The van der Waals surface area contributed by atoms with Crippen LogP contribution >= 0.6 is 0 Å². The molecule has 2 fully saturated rings. The highest BCUT2D eigenvalue weighted by molar-refractivity contribution is 4.98. The van der Waals surface area contributed by atoms with Gasteiger partial charge in [-0.25, -0.2) is 0 Å². The van der Waals surface area contributed by atoms with Crippen LogP contribution in [0.5, 0.6) is 0 Å². The highest BCUT2D eigenvalue weighted by atomic mass is 16.7. The van der Waals surface area contributed by atoms with E-state index in [2.05, 4.69) is 27.7 Å². The molecule has 4 atom stereocenters. The summed E-state index contributed by atoms with van der Waals surface area (Å²) < 4.78 is 11.2. The van der Waals surface area contributed by atoms with Gasteiger partial charge in [0.15, 0.2) is 6.29 Å². The molecule has 0 aromatic heterocycles. The van der Waals surface area contributed by atoms with Crippen molar-refractivity contribution in [3.05, 3.63) is 0 Å². The molecule has 1 N–H and O–H groups in total. The number of fused-ring (bicyclic) bond motifs is 2. The van der Waals surface area contributed by atoms with Crippen LogP contribution in [0.1, 0.15) is 27.7 Å². The number of aliphatic hydroxyl groups is 1. The molecule has 2 heterocycles. The van der Waals surface area contributed by atoms with E-state index >= 15 is 0 Å². The lowest BCUT2D eigenvalue weighted by Gasteiger charge is -2.46. The Hall–Kier alpha value is -0.120. The standard InChI is InChI=1S/C11H20O3/c1-6(2)8-9(12)7-5-13-10(14-7)11(8,3)4/h6-10,12H,5H2,1-4H3/t7-,8-,9+,10-/m0/s1. The Morgan fingerprint density at radius 3 is 2.57 bits per heavy atom. The summed E-state index contributed by atoms with van der Waals surface area (Å²) in [6.45, 7) is 9.08. The average molecular weight is 200 g/mol. The third-order valence-corrected chi connectivity index (χ3v) is 3.64. The van der Waals surface area contributed by atoms with Crippen molar-refractivity contribution in [2.45, 2.75) is 46.2 Å². The van der Waals surface area contributed by atoms with Gasteiger partial charge in [0.1, 0.15) is 6.10 Å². The Morgan fingerprint density at radius 1 is 1.36 bits per heavy atom. The maximum absolute atomic E-state index is 10.2. The van der Waals surface area contributed by atoms with Crippen molar-refractivity contribution in [1.29, 1.82) is 0 Å². The van der Waals surface area contributed by atoms with Crippen molar-refractivity contribution in [2.24, 2.45) is 17.3 Å². The lowest BCUT2D eigenvalue weighted by Crippen LogP contribution is -2.53. The minimum absolute atomic E-state index is 0.0966. The van der Waals surface area contributed by atoms with E-state index in [1.54, 1.807) is 0 Å². The largest absolute Gasteiger partial charge is 0.390 e. The second-order valence-electron chi connectivity index (χ2n) is 5.42. The summed E-state index contributed by atoms with van der Waals surface area (Å²) in [6, 6.07) is 0. The molecule has 0 amide bonds. The van der Waals surface area contributed by atoms with Gasteiger partial charge in [-0.15, -0.1) is 0 Å². The van der Waals surface area contributed by atoms with Crippen molar-refractivity contribution in [2.75, 3.05) is 6.61 Å². The van der Waals surface area contributed by atoms with Crippen molar-refractivity contribution in [1.82, 2.24) is 0 Å². The highest BCUT2D eigenvalue weighted by Crippen LogP contribution is 2.48. The van der Waals surface area contributed by atoms with Gasteiger partial charge in [0, 0.05) is 5.41 Å². The average Bonchev–Trinajstić information content (AvgIpc) is 2.46. The Balaban J connectivity index is 2.29. The molecule has 0 aliphatic carbocycles. The topological polar surface area (TPSA) is 38.7 Å². The van der Waals surface area contributed by atoms with Crippen molar-refractivity contribution >= 4 is 0 Å². The number of aliphatic hydroxyl groups excluding tert-OH is 1. The quantitative estimate of drug-likeness (QED) is 0.695. The number of hydrogen-bond donors (Lipinski definition) is 1. The van der Waals surface area contributed by atoms with Crippen LogP contribution in [-0.4, -0.2) is 30.2 Å². The maximum atomic E-state index is 10.2. The van der Waals surface area contributed by atoms with E-state index in [0.29, 0.717) is 12.5 Å². The Morgan fingerprint density at radius 2 is 2.00 bits per heavy atom. The summed E-state index contributed by atoms with van der Waals surface area (Å²) in [5.41, 5.74) is -0.0966. The summed E-state index contributed by atoms with van der Waals surface area (Å²) in [6.07, 6.45) is -0.632. The fraction of sp³-hybridized carbons (Fsp3) is 1.00. The van der Waals surface area contributed by atoms with Crippen LogP contribution < -0.4 is 0 Å².